The van der Waals surface area contributed by atoms with E-state index in [4.69, 9.17) is 19.8 Å². The predicted molar refractivity (Wildman–Crippen MR) is 115 cm³/mol. The minimum atomic E-state index is -0.507. The lowest BCUT2D eigenvalue weighted by molar-refractivity contribution is 0.0945. The molecule has 0 spiro atoms. The van der Waals surface area contributed by atoms with Crippen LogP contribution in [0.25, 0.3) is 5.82 Å². The summed E-state index contributed by atoms with van der Waals surface area (Å²) < 4.78 is 16.8. The van der Waals surface area contributed by atoms with Crippen molar-refractivity contribution in [2.45, 2.75) is 38.8 Å². The average Bonchev–Trinajstić information content (AvgIpc) is 3.54. The first-order valence-electron chi connectivity index (χ1n) is 10.6. The fraction of sp³-hybridized carbons (Fsp3) is 0.400. The summed E-state index contributed by atoms with van der Waals surface area (Å²) in [5.41, 5.74) is 9.76. The molecule has 1 fully saturated rings. The number of likely N-dealkylation sites (tertiary alicyclic amines) is 1. The van der Waals surface area contributed by atoms with Crippen LogP contribution in [0.3, 0.4) is 0 Å². The number of aromatic nitrogens is 5. The SMILES string of the molecule is CC1CCCCN1Cc1c(C(=O)NN=Cc2ccc3c(c2)OCO3)nnn1-c1nonc1N. The summed E-state index contributed by atoms with van der Waals surface area (Å²) in [7, 11) is 0. The third-order valence-corrected chi connectivity index (χ3v) is 5.74. The van der Waals surface area contributed by atoms with Crippen molar-refractivity contribution in [2.75, 3.05) is 19.1 Å². The maximum Gasteiger partial charge on any atom is 0.293 e. The molecule has 3 N–H and O–H groups in total. The molecule has 33 heavy (non-hydrogen) atoms. The van der Waals surface area contributed by atoms with Crippen molar-refractivity contribution in [2.24, 2.45) is 5.10 Å². The molecule has 172 valence electrons. The fourth-order valence-corrected chi connectivity index (χ4v) is 3.92. The molecular weight excluding hydrogens is 430 g/mol. The van der Waals surface area contributed by atoms with Crippen LogP contribution in [0.1, 0.15) is 47.9 Å². The van der Waals surface area contributed by atoms with Crippen LogP contribution in [0, 0.1) is 0 Å². The van der Waals surface area contributed by atoms with Gasteiger partial charge in [-0.1, -0.05) is 11.6 Å². The number of hydrogen-bond acceptors (Lipinski definition) is 11. The van der Waals surface area contributed by atoms with Crippen LogP contribution >= 0.6 is 0 Å². The highest BCUT2D eigenvalue weighted by molar-refractivity contribution is 5.94. The van der Waals surface area contributed by atoms with Gasteiger partial charge in [0.1, 0.15) is 0 Å². The zero-order valence-electron chi connectivity index (χ0n) is 18.0. The van der Waals surface area contributed by atoms with E-state index in [1.807, 2.05) is 6.07 Å². The summed E-state index contributed by atoms with van der Waals surface area (Å²) in [6.45, 7) is 3.69. The number of ether oxygens (including phenoxy) is 2. The van der Waals surface area contributed by atoms with Crippen LogP contribution in [-0.2, 0) is 6.54 Å². The van der Waals surface area contributed by atoms with E-state index in [1.165, 1.54) is 17.3 Å². The number of nitrogens with one attached hydrogen (secondary N) is 1. The van der Waals surface area contributed by atoms with Gasteiger partial charge in [-0.25, -0.2) is 10.1 Å². The number of anilines is 1. The Labute approximate surface area is 188 Å². The summed E-state index contributed by atoms with van der Waals surface area (Å²) in [6, 6.07) is 5.72. The molecule has 1 unspecified atom stereocenters. The van der Waals surface area contributed by atoms with Crippen molar-refractivity contribution < 1.29 is 18.9 Å². The molecule has 4 heterocycles. The molecular formula is C20H23N9O4. The number of fused-ring (bicyclic) bond motifs is 1. The van der Waals surface area contributed by atoms with Crippen molar-refractivity contribution >= 4 is 17.9 Å². The number of carbonyl (C=O) groups is 1. The van der Waals surface area contributed by atoms with Gasteiger partial charge in [0.05, 0.1) is 11.9 Å². The zero-order chi connectivity index (χ0) is 22.8. The van der Waals surface area contributed by atoms with E-state index < -0.39 is 5.91 Å². The zero-order valence-corrected chi connectivity index (χ0v) is 18.0. The van der Waals surface area contributed by atoms with Gasteiger partial charge in [-0.3, -0.25) is 9.69 Å². The number of rotatable bonds is 6. The molecule has 2 aliphatic heterocycles. The molecule has 0 saturated carbocycles. The number of hydrazone groups is 1. The number of carbonyl (C=O) groups excluding carboxylic acids is 1. The largest absolute Gasteiger partial charge is 0.454 e. The monoisotopic (exact) mass is 453 g/mol. The second kappa shape index (κ2) is 8.86. The van der Waals surface area contributed by atoms with E-state index in [1.54, 1.807) is 12.1 Å². The fourth-order valence-electron chi connectivity index (χ4n) is 3.92. The average molecular weight is 453 g/mol. The number of nitrogens with zero attached hydrogens (tertiary/aromatic N) is 7. The maximum atomic E-state index is 12.9. The number of nitrogen functional groups attached to an aromatic ring is 1. The van der Waals surface area contributed by atoms with Gasteiger partial charge in [0.2, 0.25) is 18.4 Å². The lowest BCUT2D eigenvalue weighted by Gasteiger charge is -2.33. The molecule has 1 atom stereocenters. The lowest BCUT2D eigenvalue weighted by Crippen LogP contribution is -2.38. The van der Waals surface area contributed by atoms with Crippen molar-refractivity contribution in [3.63, 3.8) is 0 Å². The number of piperidine rings is 1. The maximum absolute atomic E-state index is 12.9. The standard InChI is InChI=1S/C20H23N9O4/c1-12-4-2-3-7-28(12)10-14-17(23-27-29(14)19-18(21)25-33-26-19)20(30)24-22-9-13-5-6-15-16(8-13)32-11-31-15/h5-6,8-9,12H,2-4,7,10-11H2,1H3,(H2,21,25)(H,24,30). The van der Waals surface area contributed by atoms with Crippen LogP contribution in [0.4, 0.5) is 5.82 Å². The second-order valence-electron chi connectivity index (χ2n) is 7.90. The molecule has 1 aromatic carbocycles. The van der Waals surface area contributed by atoms with E-state index in [2.05, 4.69) is 43.0 Å². The minimum absolute atomic E-state index is 0.0561. The number of benzene rings is 1. The van der Waals surface area contributed by atoms with E-state index >= 15 is 0 Å². The topological polar surface area (TPSA) is 159 Å². The van der Waals surface area contributed by atoms with E-state index in [-0.39, 0.29) is 24.1 Å². The molecule has 13 heteroatoms. The van der Waals surface area contributed by atoms with Gasteiger partial charge in [0.15, 0.2) is 17.2 Å². The molecule has 3 aromatic rings. The number of nitrogens with two attached hydrogens (primary N) is 1. The van der Waals surface area contributed by atoms with Gasteiger partial charge < -0.3 is 15.2 Å². The molecule has 2 aliphatic rings. The highest BCUT2D eigenvalue weighted by Crippen LogP contribution is 2.32. The Hall–Kier alpha value is -4.00. The van der Waals surface area contributed by atoms with Crippen LogP contribution in [0.15, 0.2) is 27.9 Å². The van der Waals surface area contributed by atoms with Gasteiger partial charge in [-0.05, 0) is 60.4 Å². The van der Waals surface area contributed by atoms with E-state index in [0.29, 0.717) is 29.8 Å². The van der Waals surface area contributed by atoms with Crippen LogP contribution in [-0.4, -0.2) is 61.7 Å². The summed E-state index contributed by atoms with van der Waals surface area (Å²) in [4.78, 5) is 15.2. The summed E-state index contributed by atoms with van der Waals surface area (Å²) in [5, 5.41) is 19.6. The van der Waals surface area contributed by atoms with Crippen molar-refractivity contribution in [1.82, 2.24) is 35.6 Å². The Morgan fingerprint density at radius 1 is 1.30 bits per heavy atom. The number of amides is 1. The molecule has 1 saturated heterocycles. The molecule has 0 radical (unpaired) electrons. The smallest absolute Gasteiger partial charge is 0.293 e. The summed E-state index contributed by atoms with van der Waals surface area (Å²) >= 11 is 0. The first kappa shape index (κ1) is 20.9. The third-order valence-electron chi connectivity index (χ3n) is 5.74. The molecule has 5 rings (SSSR count). The Kier molecular flexibility index (Phi) is 5.60. The van der Waals surface area contributed by atoms with Gasteiger partial charge in [-0.15, -0.1) is 5.10 Å². The Balaban J connectivity index is 1.37. The Morgan fingerprint density at radius 3 is 3.00 bits per heavy atom. The molecule has 13 nitrogen and oxygen atoms in total. The van der Waals surface area contributed by atoms with Crippen molar-refractivity contribution in [3.8, 4) is 17.3 Å². The van der Waals surface area contributed by atoms with Crippen molar-refractivity contribution in [3.05, 3.63) is 35.2 Å². The van der Waals surface area contributed by atoms with Crippen molar-refractivity contribution in [1.29, 1.82) is 0 Å². The van der Waals surface area contributed by atoms with E-state index in [0.717, 1.165) is 24.9 Å². The Morgan fingerprint density at radius 2 is 2.18 bits per heavy atom. The van der Waals surface area contributed by atoms with E-state index in [9.17, 15) is 4.79 Å². The van der Waals surface area contributed by atoms with Gasteiger partial charge in [0.25, 0.3) is 5.91 Å². The highest BCUT2D eigenvalue weighted by atomic mass is 16.7. The van der Waals surface area contributed by atoms with Crippen LogP contribution in [0.5, 0.6) is 11.5 Å². The van der Waals surface area contributed by atoms with Gasteiger partial charge in [-0.2, -0.15) is 9.78 Å². The summed E-state index contributed by atoms with van der Waals surface area (Å²) in [6.07, 6.45) is 4.85. The predicted octanol–water partition coefficient (Wildman–Crippen LogP) is 1.10. The number of hydrogen-bond donors (Lipinski definition) is 2. The van der Waals surface area contributed by atoms with Gasteiger partial charge >= 0.3 is 0 Å². The third kappa shape index (κ3) is 4.22. The van der Waals surface area contributed by atoms with Crippen LogP contribution in [0.2, 0.25) is 0 Å². The summed E-state index contributed by atoms with van der Waals surface area (Å²) in [5.74, 6) is 1.04. The highest BCUT2D eigenvalue weighted by Gasteiger charge is 2.28. The quantitative estimate of drug-likeness (QED) is 0.409. The first-order valence-corrected chi connectivity index (χ1v) is 10.6. The second-order valence-corrected chi connectivity index (χ2v) is 7.90. The lowest BCUT2D eigenvalue weighted by atomic mass is 10.0. The normalized spacial score (nSPS) is 18.2. The Bertz CT molecular complexity index is 1190. The molecule has 2 aromatic heterocycles. The molecule has 0 bridgehead atoms. The van der Waals surface area contributed by atoms with Crippen LogP contribution < -0.4 is 20.6 Å². The molecule has 0 aliphatic carbocycles. The first-order chi connectivity index (χ1) is 16.1. The molecule has 1 amide bonds. The van der Waals surface area contributed by atoms with Gasteiger partial charge in [0, 0.05) is 12.6 Å². The minimum Gasteiger partial charge on any atom is -0.454 e.